The van der Waals surface area contributed by atoms with Crippen LogP contribution in [0.3, 0.4) is 0 Å². The zero-order valence-electron chi connectivity index (χ0n) is 8.87. The highest BCUT2D eigenvalue weighted by atomic mass is 16.3. The summed E-state index contributed by atoms with van der Waals surface area (Å²) in [6.45, 7) is 9.21. The highest BCUT2D eigenvalue weighted by Crippen LogP contribution is 2.54. The third-order valence-electron chi connectivity index (χ3n) is 3.26. The van der Waals surface area contributed by atoms with Gasteiger partial charge in [-0.1, -0.05) is 27.7 Å². The van der Waals surface area contributed by atoms with Crippen molar-refractivity contribution in [2.45, 2.75) is 39.5 Å². The second-order valence-electron chi connectivity index (χ2n) is 4.82. The lowest BCUT2D eigenvalue weighted by Gasteiger charge is -2.41. The Kier molecular flexibility index (Phi) is 1.98. The summed E-state index contributed by atoms with van der Waals surface area (Å²) in [5, 5.41) is 0. The van der Waals surface area contributed by atoms with Gasteiger partial charge in [0.25, 0.3) is 0 Å². The number of rotatable bonds is 2. The van der Waals surface area contributed by atoms with E-state index in [1.54, 1.807) is 0 Å². The normalized spacial score (nSPS) is 26.3. The van der Waals surface area contributed by atoms with Crippen LogP contribution in [-0.4, -0.2) is 0 Å². The van der Waals surface area contributed by atoms with Crippen LogP contribution in [0.1, 0.15) is 50.7 Å². The summed E-state index contributed by atoms with van der Waals surface area (Å²) in [5.41, 5.74) is 2.90. The van der Waals surface area contributed by atoms with Crippen molar-refractivity contribution in [3.8, 4) is 0 Å². The van der Waals surface area contributed by atoms with Crippen molar-refractivity contribution in [3.05, 3.63) is 23.7 Å². The molecule has 0 saturated carbocycles. The smallest absolute Gasteiger partial charge is 0.0940 e. The molecule has 0 spiro atoms. The van der Waals surface area contributed by atoms with Gasteiger partial charge in [-0.15, -0.1) is 0 Å². The molecule has 0 saturated heterocycles. The first-order chi connectivity index (χ1) is 6.13. The number of hydrogen-bond donors (Lipinski definition) is 0. The second-order valence-corrected chi connectivity index (χ2v) is 4.82. The van der Waals surface area contributed by atoms with Crippen molar-refractivity contribution in [1.29, 1.82) is 0 Å². The topological polar surface area (TPSA) is 13.1 Å². The van der Waals surface area contributed by atoms with Crippen LogP contribution in [0.25, 0.3) is 0 Å². The maximum Gasteiger partial charge on any atom is 0.0940 e. The summed E-state index contributed by atoms with van der Waals surface area (Å²) in [6, 6.07) is 0. The van der Waals surface area contributed by atoms with Gasteiger partial charge in [-0.2, -0.15) is 0 Å². The fraction of sp³-hybridized carbons (Fsp3) is 0.667. The summed E-state index contributed by atoms with van der Waals surface area (Å²) in [6.07, 6.45) is 3.86. The Bertz CT molecular complexity index is 267. The van der Waals surface area contributed by atoms with Crippen molar-refractivity contribution in [3.63, 3.8) is 0 Å². The standard InChI is InChI=1S/C12H18O/c1-7(2)11-9-5-13-6-10(9)12(11)8(3)4/h5-8,11-12H,1-4H3. The molecule has 1 heterocycles. The maximum absolute atomic E-state index is 5.27. The Morgan fingerprint density at radius 3 is 1.62 bits per heavy atom. The molecule has 1 nitrogen and oxygen atoms in total. The van der Waals surface area contributed by atoms with Gasteiger partial charge in [-0.25, -0.2) is 0 Å². The summed E-state index contributed by atoms with van der Waals surface area (Å²) in [7, 11) is 0. The first kappa shape index (κ1) is 8.86. The first-order valence-electron chi connectivity index (χ1n) is 5.19. The quantitative estimate of drug-likeness (QED) is 0.671. The van der Waals surface area contributed by atoms with E-state index in [-0.39, 0.29) is 0 Å². The van der Waals surface area contributed by atoms with Gasteiger partial charge in [0.2, 0.25) is 0 Å². The van der Waals surface area contributed by atoms with Gasteiger partial charge in [0.05, 0.1) is 12.5 Å². The highest BCUT2D eigenvalue weighted by molar-refractivity contribution is 5.42. The molecule has 0 radical (unpaired) electrons. The highest BCUT2D eigenvalue weighted by Gasteiger charge is 2.42. The van der Waals surface area contributed by atoms with Crippen LogP contribution < -0.4 is 0 Å². The minimum absolute atomic E-state index is 0.730. The second kappa shape index (κ2) is 2.90. The monoisotopic (exact) mass is 178 g/mol. The summed E-state index contributed by atoms with van der Waals surface area (Å²) in [5.74, 6) is 2.93. The van der Waals surface area contributed by atoms with Gasteiger partial charge >= 0.3 is 0 Å². The molecular formula is C12H18O. The molecule has 1 aromatic heterocycles. The summed E-state index contributed by atoms with van der Waals surface area (Å²) >= 11 is 0. The molecule has 0 N–H and O–H groups in total. The number of furan rings is 1. The van der Waals surface area contributed by atoms with Gasteiger partial charge < -0.3 is 4.42 Å². The molecule has 2 atom stereocenters. The molecule has 0 aliphatic heterocycles. The number of fused-ring (bicyclic) bond motifs is 1. The van der Waals surface area contributed by atoms with Gasteiger partial charge in [-0.3, -0.25) is 0 Å². The van der Waals surface area contributed by atoms with Gasteiger partial charge in [0, 0.05) is 0 Å². The molecule has 0 bridgehead atoms. The fourth-order valence-corrected chi connectivity index (χ4v) is 2.70. The van der Waals surface area contributed by atoms with Crippen LogP contribution in [0.4, 0.5) is 0 Å². The zero-order valence-corrected chi connectivity index (χ0v) is 8.87. The molecule has 0 fully saturated rings. The fourth-order valence-electron chi connectivity index (χ4n) is 2.70. The minimum Gasteiger partial charge on any atom is -0.472 e. The van der Waals surface area contributed by atoms with Crippen molar-refractivity contribution in [2.75, 3.05) is 0 Å². The predicted molar refractivity (Wildman–Crippen MR) is 53.9 cm³/mol. The molecule has 1 aromatic rings. The average molecular weight is 178 g/mol. The molecule has 1 heteroatoms. The molecule has 2 rings (SSSR count). The van der Waals surface area contributed by atoms with Gasteiger partial charge in [0.15, 0.2) is 0 Å². The van der Waals surface area contributed by atoms with E-state index in [0.717, 1.165) is 23.7 Å². The third-order valence-corrected chi connectivity index (χ3v) is 3.26. The van der Waals surface area contributed by atoms with Gasteiger partial charge in [0.1, 0.15) is 0 Å². The largest absolute Gasteiger partial charge is 0.472 e. The van der Waals surface area contributed by atoms with E-state index in [2.05, 4.69) is 27.7 Å². The van der Waals surface area contributed by atoms with E-state index in [1.807, 2.05) is 12.5 Å². The van der Waals surface area contributed by atoms with Gasteiger partial charge in [-0.05, 0) is 34.8 Å². The number of hydrogen-bond acceptors (Lipinski definition) is 1. The lowest BCUT2D eigenvalue weighted by molar-refractivity contribution is 0.304. The minimum atomic E-state index is 0.730. The Morgan fingerprint density at radius 1 is 0.923 bits per heavy atom. The van der Waals surface area contributed by atoms with Crippen molar-refractivity contribution < 1.29 is 4.42 Å². The maximum atomic E-state index is 5.27. The van der Waals surface area contributed by atoms with E-state index in [1.165, 1.54) is 11.1 Å². The van der Waals surface area contributed by atoms with E-state index in [4.69, 9.17) is 4.42 Å². The van der Waals surface area contributed by atoms with Crippen LogP contribution >= 0.6 is 0 Å². The molecule has 1 aliphatic rings. The van der Waals surface area contributed by atoms with E-state index < -0.39 is 0 Å². The zero-order chi connectivity index (χ0) is 9.59. The molecule has 13 heavy (non-hydrogen) atoms. The van der Waals surface area contributed by atoms with Crippen molar-refractivity contribution in [2.24, 2.45) is 11.8 Å². The summed E-state index contributed by atoms with van der Waals surface area (Å²) < 4.78 is 5.27. The van der Waals surface area contributed by atoms with Crippen LogP contribution in [0.15, 0.2) is 16.9 Å². The van der Waals surface area contributed by atoms with Crippen molar-refractivity contribution in [1.82, 2.24) is 0 Å². The molecule has 2 unspecified atom stereocenters. The Morgan fingerprint density at radius 2 is 1.31 bits per heavy atom. The van der Waals surface area contributed by atoms with Crippen LogP contribution in [0, 0.1) is 11.8 Å². The molecule has 72 valence electrons. The van der Waals surface area contributed by atoms with Crippen LogP contribution in [0.2, 0.25) is 0 Å². The molecule has 1 aliphatic carbocycles. The molecule has 0 amide bonds. The lowest BCUT2D eigenvalue weighted by Crippen LogP contribution is -2.30. The van der Waals surface area contributed by atoms with E-state index in [0.29, 0.717) is 0 Å². The van der Waals surface area contributed by atoms with Crippen LogP contribution in [0.5, 0.6) is 0 Å². The SMILES string of the molecule is CC(C)C1c2cocc2C1C(C)C. The Labute approximate surface area is 80.1 Å². The van der Waals surface area contributed by atoms with Crippen LogP contribution in [-0.2, 0) is 0 Å². The van der Waals surface area contributed by atoms with E-state index >= 15 is 0 Å². The van der Waals surface area contributed by atoms with Crippen molar-refractivity contribution >= 4 is 0 Å². The lowest BCUT2D eigenvalue weighted by atomic mass is 9.61. The first-order valence-corrected chi connectivity index (χ1v) is 5.19. The molecule has 0 aromatic carbocycles. The molecular weight excluding hydrogens is 160 g/mol. The third kappa shape index (κ3) is 1.13. The van der Waals surface area contributed by atoms with E-state index in [9.17, 15) is 0 Å². The predicted octanol–water partition coefficient (Wildman–Crippen LogP) is 3.77. The average Bonchev–Trinajstić information content (AvgIpc) is 2.31. The Hall–Kier alpha value is -0.720. The Balaban J connectivity index is 2.31. The summed E-state index contributed by atoms with van der Waals surface area (Å²) in [4.78, 5) is 0.